The largest absolute Gasteiger partial charge is 0.324 e. The van der Waals surface area contributed by atoms with Gasteiger partial charge in [-0.1, -0.05) is 54.6 Å². The van der Waals surface area contributed by atoms with Crippen molar-refractivity contribution in [1.82, 2.24) is 24.3 Å². The lowest BCUT2D eigenvalue weighted by Gasteiger charge is -2.14. The van der Waals surface area contributed by atoms with Gasteiger partial charge >= 0.3 is 0 Å². The molecule has 0 aliphatic rings. The van der Waals surface area contributed by atoms with Crippen molar-refractivity contribution in [2.75, 3.05) is 5.32 Å². The monoisotopic (exact) mass is 498 g/mol. The van der Waals surface area contributed by atoms with Crippen LogP contribution in [0.15, 0.2) is 120 Å². The molecule has 0 saturated carbocycles. The molecule has 7 nitrogen and oxygen atoms in total. The zero-order valence-corrected chi connectivity index (χ0v) is 20.7. The van der Waals surface area contributed by atoms with E-state index in [1.54, 1.807) is 33.8 Å². The molecule has 7 heteroatoms. The van der Waals surface area contributed by atoms with Gasteiger partial charge in [-0.05, 0) is 65.9 Å². The van der Waals surface area contributed by atoms with E-state index >= 15 is 0 Å². The van der Waals surface area contributed by atoms with E-state index in [2.05, 4.69) is 57.9 Å². The van der Waals surface area contributed by atoms with Gasteiger partial charge in [-0.15, -0.1) is 0 Å². The van der Waals surface area contributed by atoms with Crippen molar-refractivity contribution in [3.8, 4) is 5.69 Å². The van der Waals surface area contributed by atoms with Crippen LogP contribution in [0.5, 0.6) is 0 Å². The van der Waals surface area contributed by atoms with E-state index in [1.165, 1.54) is 11.1 Å². The molecule has 3 heterocycles. The Hall–Kier alpha value is -5.04. The van der Waals surface area contributed by atoms with Crippen LogP contribution >= 0.6 is 0 Å². The lowest BCUT2D eigenvalue weighted by atomic mass is 9.99. The molecule has 0 radical (unpaired) electrons. The van der Waals surface area contributed by atoms with E-state index in [0.717, 1.165) is 35.2 Å². The van der Waals surface area contributed by atoms with Gasteiger partial charge in [0.05, 0.1) is 12.2 Å². The fraction of sp³-hybridized carbons (Fsp3) is 0.0968. The second kappa shape index (κ2) is 10.5. The van der Waals surface area contributed by atoms with Crippen LogP contribution in [0.25, 0.3) is 16.7 Å². The molecule has 6 aromatic rings. The first-order valence-electron chi connectivity index (χ1n) is 12.6. The van der Waals surface area contributed by atoms with Crippen LogP contribution in [0, 0.1) is 0 Å². The Morgan fingerprint density at radius 1 is 0.763 bits per heavy atom. The van der Waals surface area contributed by atoms with Gasteiger partial charge in [0.2, 0.25) is 5.95 Å². The van der Waals surface area contributed by atoms with Gasteiger partial charge in [-0.3, -0.25) is 9.36 Å². The van der Waals surface area contributed by atoms with Crippen LogP contribution in [-0.4, -0.2) is 24.3 Å². The fourth-order valence-corrected chi connectivity index (χ4v) is 4.58. The topological polar surface area (TPSA) is 77.6 Å². The number of rotatable bonds is 8. The highest BCUT2D eigenvalue weighted by molar-refractivity contribution is 5.75. The summed E-state index contributed by atoms with van der Waals surface area (Å²) in [7, 11) is 0. The predicted octanol–water partition coefficient (Wildman–Crippen LogP) is 5.55. The molecule has 0 bridgehead atoms. The highest BCUT2D eigenvalue weighted by atomic mass is 16.1. The number of nitrogens with one attached hydrogen (secondary N) is 1. The van der Waals surface area contributed by atoms with Crippen molar-refractivity contribution in [3.05, 3.63) is 143 Å². The average molecular weight is 499 g/mol. The van der Waals surface area contributed by atoms with Crippen LogP contribution in [-0.2, 0) is 19.4 Å². The molecule has 0 unspecified atom stereocenters. The van der Waals surface area contributed by atoms with E-state index in [1.807, 2.05) is 48.7 Å². The second-order valence-electron chi connectivity index (χ2n) is 9.11. The van der Waals surface area contributed by atoms with Gasteiger partial charge in [0.15, 0.2) is 0 Å². The molecule has 38 heavy (non-hydrogen) atoms. The fourth-order valence-electron chi connectivity index (χ4n) is 4.58. The average Bonchev–Trinajstić information content (AvgIpc) is 3.50. The van der Waals surface area contributed by atoms with Gasteiger partial charge in [0, 0.05) is 35.7 Å². The van der Waals surface area contributed by atoms with E-state index in [4.69, 9.17) is 4.98 Å². The third-order valence-corrected chi connectivity index (χ3v) is 6.59. The first-order chi connectivity index (χ1) is 18.7. The first kappa shape index (κ1) is 23.4. The Labute approximate surface area is 220 Å². The molecule has 0 fully saturated rings. The first-order valence-corrected chi connectivity index (χ1v) is 12.6. The van der Waals surface area contributed by atoms with Crippen LogP contribution in [0.1, 0.15) is 16.7 Å². The minimum absolute atomic E-state index is 0.0939. The molecule has 3 aromatic heterocycles. The summed E-state index contributed by atoms with van der Waals surface area (Å²) in [5, 5.41) is 8.33. The number of nitrogens with zero attached hydrogens (tertiary/aromatic N) is 5. The Kier molecular flexibility index (Phi) is 6.47. The lowest BCUT2D eigenvalue weighted by Crippen LogP contribution is -2.21. The van der Waals surface area contributed by atoms with E-state index in [-0.39, 0.29) is 5.56 Å². The number of hydrogen-bond donors (Lipinski definition) is 1. The van der Waals surface area contributed by atoms with Crippen LogP contribution in [0.3, 0.4) is 0 Å². The maximum Gasteiger partial charge on any atom is 0.252 e. The number of aryl methyl sites for hydroxylation is 2. The van der Waals surface area contributed by atoms with Crippen molar-refractivity contribution in [2.24, 2.45) is 0 Å². The number of hydrogen-bond acceptors (Lipinski definition) is 5. The number of benzene rings is 3. The van der Waals surface area contributed by atoms with Gasteiger partial charge in [0.25, 0.3) is 5.56 Å². The molecular formula is C31H26N6O. The van der Waals surface area contributed by atoms with Crippen molar-refractivity contribution in [2.45, 2.75) is 19.4 Å². The summed E-state index contributed by atoms with van der Waals surface area (Å²) >= 11 is 0. The van der Waals surface area contributed by atoms with Gasteiger partial charge in [-0.25, -0.2) is 9.67 Å². The summed E-state index contributed by atoms with van der Waals surface area (Å²) in [5.41, 5.74) is 5.94. The number of aromatic nitrogens is 5. The molecule has 0 aliphatic carbocycles. The SMILES string of the molecule is O=c1ccc2cnc(Nc3ccc(-n4cccn4)cc3)nc2n1Cc1ccccc1CCc1ccccc1. The van der Waals surface area contributed by atoms with Crippen molar-refractivity contribution in [1.29, 1.82) is 0 Å². The Morgan fingerprint density at radius 3 is 2.34 bits per heavy atom. The Balaban J connectivity index is 1.27. The van der Waals surface area contributed by atoms with Crippen LogP contribution < -0.4 is 10.9 Å². The normalized spacial score (nSPS) is 11.1. The van der Waals surface area contributed by atoms with E-state index in [0.29, 0.717) is 18.1 Å². The summed E-state index contributed by atoms with van der Waals surface area (Å²) in [5.74, 6) is 0.432. The summed E-state index contributed by atoms with van der Waals surface area (Å²) in [6, 6.07) is 31.9. The highest BCUT2D eigenvalue weighted by Gasteiger charge is 2.11. The van der Waals surface area contributed by atoms with E-state index < -0.39 is 0 Å². The third-order valence-electron chi connectivity index (χ3n) is 6.59. The van der Waals surface area contributed by atoms with Crippen molar-refractivity contribution in [3.63, 3.8) is 0 Å². The van der Waals surface area contributed by atoms with Crippen molar-refractivity contribution >= 4 is 22.7 Å². The Morgan fingerprint density at radius 2 is 1.55 bits per heavy atom. The molecule has 3 aromatic carbocycles. The third kappa shape index (κ3) is 5.08. The lowest BCUT2D eigenvalue weighted by molar-refractivity contribution is 0.768. The number of fused-ring (bicyclic) bond motifs is 1. The number of pyridine rings is 1. The standard InChI is InChI=1S/C31H26N6O/c38-29-18-13-25-21-32-31(34-27-14-16-28(17-15-27)37-20-6-19-33-37)35-30(25)36(29)22-26-10-5-4-9-24(26)12-11-23-7-2-1-3-8-23/h1-10,13-21H,11-12,22H2,(H,32,34,35). The molecule has 0 amide bonds. The smallest absolute Gasteiger partial charge is 0.252 e. The minimum atomic E-state index is -0.0939. The highest BCUT2D eigenvalue weighted by Crippen LogP contribution is 2.20. The summed E-state index contributed by atoms with van der Waals surface area (Å²) < 4.78 is 3.52. The summed E-state index contributed by atoms with van der Waals surface area (Å²) in [6.45, 7) is 0.441. The molecular weight excluding hydrogens is 472 g/mol. The van der Waals surface area contributed by atoms with Crippen LogP contribution in [0.4, 0.5) is 11.6 Å². The van der Waals surface area contributed by atoms with Gasteiger partial charge < -0.3 is 5.32 Å². The molecule has 1 N–H and O–H groups in total. The molecule has 0 saturated heterocycles. The summed E-state index contributed by atoms with van der Waals surface area (Å²) in [6.07, 6.45) is 7.23. The molecule has 0 atom stereocenters. The molecule has 186 valence electrons. The molecule has 6 rings (SSSR count). The summed E-state index contributed by atoms with van der Waals surface area (Å²) in [4.78, 5) is 22.2. The van der Waals surface area contributed by atoms with Crippen molar-refractivity contribution < 1.29 is 0 Å². The molecule has 0 spiro atoms. The molecule has 0 aliphatic heterocycles. The number of anilines is 2. The zero-order valence-electron chi connectivity index (χ0n) is 20.7. The van der Waals surface area contributed by atoms with Gasteiger partial charge in [-0.2, -0.15) is 10.1 Å². The Bertz CT molecular complexity index is 1730. The minimum Gasteiger partial charge on any atom is -0.324 e. The van der Waals surface area contributed by atoms with Crippen LogP contribution in [0.2, 0.25) is 0 Å². The maximum atomic E-state index is 13.0. The quantitative estimate of drug-likeness (QED) is 0.298. The van der Waals surface area contributed by atoms with E-state index in [9.17, 15) is 4.79 Å². The predicted molar refractivity (Wildman–Crippen MR) is 150 cm³/mol. The maximum absolute atomic E-state index is 13.0. The van der Waals surface area contributed by atoms with Gasteiger partial charge in [0.1, 0.15) is 5.65 Å². The second-order valence-corrected chi connectivity index (χ2v) is 9.11. The zero-order chi connectivity index (χ0) is 25.7.